The third-order valence-electron chi connectivity index (χ3n) is 4.41. The summed E-state index contributed by atoms with van der Waals surface area (Å²) in [5.41, 5.74) is 1.60. The molecule has 1 aromatic heterocycles. The normalized spacial score (nSPS) is 13.0. The average Bonchev–Trinajstić information content (AvgIpc) is 3.31. The molecule has 0 bridgehead atoms. The van der Waals surface area contributed by atoms with Crippen molar-refractivity contribution in [1.29, 1.82) is 0 Å². The molecule has 4 rings (SSSR count). The second-order valence-electron chi connectivity index (χ2n) is 6.34. The van der Waals surface area contributed by atoms with Crippen molar-refractivity contribution in [2.24, 2.45) is 0 Å². The van der Waals surface area contributed by atoms with Crippen LogP contribution in [-0.2, 0) is 11.3 Å². The molecule has 2 heterocycles. The van der Waals surface area contributed by atoms with Gasteiger partial charge in [0, 0.05) is 6.08 Å². The number of nitrogens with zero attached hydrogens (tertiary/aromatic N) is 3. The fourth-order valence-corrected chi connectivity index (χ4v) is 3.65. The Kier molecular flexibility index (Phi) is 5.36. The lowest BCUT2D eigenvalue weighted by atomic mass is 10.1. The monoisotopic (exact) mass is 420 g/mol. The zero-order valence-corrected chi connectivity index (χ0v) is 16.7. The number of ether oxygens (including phenoxy) is 1. The number of benzene rings is 2. The summed E-state index contributed by atoms with van der Waals surface area (Å²) in [4.78, 5) is 38.1. The van der Waals surface area contributed by atoms with E-state index in [1.54, 1.807) is 49.6 Å². The summed E-state index contributed by atoms with van der Waals surface area (Å²) in [6.45, 7) is 0.00156. The largest absolute Gasteiger partial charge is 0.497 e. The molecule has 0 saturated carbocycles. The van der Waals surface area contributed by atoms with Crippen molar-refractivity contribution in [3.05, 3.63) is 76.3 Å². The topological polar surface area (TPSA) is 101 Å². The van der Waals surface area contributed by atoms with Gasteiger partial charge < -0.3 is 4.74 Å². The number of imide groups is 1. The Bertz CT molecular complexity index is 1120. The van der Waals surface area contributed by atoms with Gasteiger partial charge in [0.25, 0.3) is 11.8 Å². The molecule has 0 spiro atoms. The molecule has 1 N–H and O–H groups in total. The van der Waals surface area contributed by atoms with E-state index in [4.69, 9.17) is 4.74 Å². The summed E-state index contributed by atoms with van der Waals surface area (Å²) in [5.74, 6) is -0.358. The maximum Gasteiger partial charge on any atom is 0.261 e. The second kappa shape index (κ2) is 8.26. The molecule has 0 unspecified atom stereocenters. The highest BCUT2D eigenvalue weighted by molar-refractivity contribution is 7.15. The minimum Gasteiger partial charge on any atom is -0.497 e. The molecular formula is C21H16N4O4S. The number of methoxy groups -OCH3 is 1. The molecule has 150 valence electrons. The Hall–Kier alpha value is -3.85. The van der Waals surface area contributed by atoms with Crippen LogP contribution < -0.4 is 10.1 Å². The lowest BCUT2D eigenvalue weighted by Crippen LogP contribution is -2.29. The van der Waals surface area contributed by atoms with E-state index in [2.05, 4.69) is 15.5 Å². The maximum atomic E-state index is 12.4. The summed E-state index contributed by atoms with van der Waals surface area (Å²) in [7, 11) is 1.59. The van der Waals surface area contributed by atoms with Crippen LogP contribution in [0.2, 0.25) is 0 Å². The van der Waals surface area contributed by atoms with Crippen molar-refractivity contribution in [3.63, 3.8) is 0 Å². The van der Waals surface area contributed by atoms with E-state index in [1.807, 2.05) is 12.1 Å². The third-order valence-corrected chi connectivity index (χ3v) is 5.23. The quantitative estimate of drug-likeness (QED) is 0.486. The molecule has 3 aromatic rings. The Morgan fingerprint density at radius 1 is 1.07 bits per heavy atom. The summed E-state index contributed by atoms with van der Waals surface area (Å²) >= 11 is 1.11. The number of fused-ring (bicyclic) bond motifs is 1. The molecule has 0 fully saturated rings. The van der Waals surface area contributed by atoms with Crippen LogP contribution in [0.4, 0.5) is 5.13 Å². The molecule has 1 aliphatic heterocycles. The predicted octanol–water partition coefficient (Wildman–Crippen LogP) is 2.99. The first-order chi connectivity index (χ1) is 14.5. The second-order valence-corrected chi connectivity index (χ2v) is 7.40. The van der Waals surface area contributed by atoms with Gasteiger partial charge in [0.05, 0.1) is 24.8 Å². The maximum absolute atomic E-state index is 12.4. The molecule has 0 atom stereocenters. The molecule has 8 nitrogen and oxygen atoms in total. The Morgan fingerprint density at radius 2 is 1.73 bits per heavy atom. The molecule has 0 aliphatic carbocycles. The highest BCUT2D eigenvalue weighted by atomic mass is 32.1. The summed E-state index contributed by atoms with van der Waals surface area (Å²) in [5, 5.41) is 11.2. The Balaban J connectivity index is 1.37. The van der Waals surface area contributed by atoms with Gasteiger partial charge in [-0.1, -0.05) is 35.6 Å². The van der Waals surface area contributed by atoms with Crippen LogP contribution in [-0.4, -0.2) is 39.9 Å². The molecule has 3 amide bonds. The molecule has 9 heteroatoms. The smallest absolute Gasteiger partial charge is 0.261 e. The third kappa shape index (κ3) is 3.96. The first-order valence-electron chi connectivity index (χ1n) is 8.96. The van der Waals surface area contributed by atoms with Crippen LogP contribution in [0.15, 0.2) is 54.6 Å². The number of amides is 3. The number of carbonyl (C=O) groups excluding carboxylic acids is 3. The number of hydrogen-bond acceptors (Lipinski definition) is 7. The lowest BCUT2D eigenvalue weighted by Gasteiger charge is -2.10. The van der Waals surface area contributed by atoms with E-state index in [9.17, 15) is 14.4 Å². The van der Waals surface area contributed by atoms with Crippen molar-refractivity contribution >= 4 is 40.3 Å². The van der Waals surface area contributed by atoms with Gasteiger partial charge in [-0.05, 0) is 35.9 Å². The highest BCUT2D eigenvalue weighted by Crippen LogP contribution is 2.26. The summed E-state index contributed by atoms with van der Waals surface area (Å²) in [6.07, 6.45) is 3.04. The number of anilines is 1. The zero-order chi connectivity index (χ0) is 21.1. The van der Waals surface area contributed by atoms with Crippen molar-refractivity contribution in [1.82, 2.24) is 15.1 Å². The van der Waals surface area contributed by atoms with E-state index in [1.165, 1.54) is 6.08 Å². The standard InChI is InChI=1S/C21H16N4O4S/c1-29-14-9-6-13(7-10-14)8-11-17(26)22-21-24-23-18(30-21)12-25-19(27)15-4-2-3-5-16(15)20(25)28/h2-11H,12H2,1H3,(H,22,24,26)/b11-8+. The van der Waals surface area contributed by atoms with Gasteiger partial charge in [-0.15, -0.1) is 10.2 Å². The van der Waals surface area contributed by atoms with Crippen LogP contribution in [0, 0.1) is 0 Å². The number of aromatic nitrogens is 2. The van der Waals surface area contributed by atoms with E-state index in [0.29, 0.717) is 16.1 Å². The van der Waals surface area contributed by atoms with E-state index in [0.717, 1.165) is 27.5 Å². The van der Waals surface area contributed by atoms with Gasteiger partial charge in [0.1, 0.15) is 10.8 Å². The van der Waals surface area contributed by atoms with E-state index < -0.39 is 0 Å². The number of carbonyl (C=O) groups is 3. The molecule has 0 saturated heterocycles. The van der Waals surface area contributed by atoms with Gasteiger partial charge >= 0.3 is 0 Å². The molecule has 2 aromatic carbocycles. The molecule has 30 heavy (non-hydrogen) atoms. The van der Waals surface area contributed by atoms with Crippen LogP contribution >= 0.6 is 11.3 Å². The minimum atomic E-state index is -0.366. The average molecular weight is 420 g/mol. The van der Waals surface area contributed by atoms with Gasteiger partial charge in [-0.2, -0.15) is 0 Å². The fraction of sp³-hybridized carbons (Fsp3) is 0.0952. The van der Waals surface area contributed by atoms with Gasteiger partial charge in [-0.3, -0.25) is 24.6 Å². The summed E-state index contributed by atoms with van der Waals surface area (Å²) < 4.78 is 5.09. The van der Waals surface area contributed by atoms with E-state index in [-0.39, 0.29) is 29.4 Å². The molecule has 1 aliphatic rings. The van der Waals surface area contributed by atoms with Gasteiger partial charge in [0.15, 0.2) is 0 Å². The lowest BCUT2D eigenvalue weighted by molar-refractivity contribution is -0.111. The van der Waals surface area contributed by atoms with Gasteiger partial charge in [0.2, 0.25) is 11.0 Å². The van der Waals surface area contributed by atoms with Gasteiger partial charge in [-0.25, -0.2) is 0 Å². The van der Waals surface area contributed by atoms with Crippen LogP contribution in [0.3, 0.4) is 0 Å². The molecular weight excluding hydrogens is 404 g/mol. The fourth-order valence-electron chi connectivity index (χ4n) is 2.92. The van der Waals surface area contributed by atoms with Crippen LogP contribution in [0.25, 0.3) is 6.08 Å². The first kappa shape index (κ1) is 19.5. The van der Waals surface area contributed by atoms with Crippen molar-refractivity contribution in [2.45, 2.75) is 6.54 Å². The Morgan fingerprint density at radius 3 is 2.37 bits per heavy atom. The predicted molar refractivity (Wildman–Crippen MR) is 111 cm³/mol. The zero-order valence-electron chi connectivity index (χ0n) is 15.9. The molecule has 0 radical (unpaired) electrons. The highest BCUT2D eigenvalue weighted by Gasteiger charge is 2.35. The first-order valence-corrected chi connectivity index (χ1v) is 9.77. The minimum absolute atomic E-state index is 0.00156. The number of hydrogen-bond donors (Lipinski definition) is 1. The SMILES string of the molecule is COc1ccc(/C=C/C(=O)Nc2nnc(CN3C(=O)c4ccccc4C3=O)s2)cc1. The van der Waals surface area contributed by atoms with Crippen LogP contribution in [0.5, 0.6) is 5.75 Å². The van der Waals surface area contributed by atoms with Crippen molar-refractivity contribution in [3.8, 4) is 5.75 Å². The summed E-state index contributed by atoms with van der Waals surface area (Å²) in [6, 6.07) is 13.9. The number of rotatable bonds is 6. The van der Waals surface area contributed by atoms with Crippen molar-refractivity contribution in [2.75, 3.05) is 12.4 Å². The Labute approximate surface area is 175 Å². The number of nitrogens with one attached hydrogen (secondary N) is 1. The van der Waals surface area contributed by atoms with E-state index >= 15 is 0 Å². The van der Waals surface area contributed by atoms with Crippen molar-refractivity contribution < 1.29 is 19.1 Å². The van der Waals surface area contributed by atoms with Crippen LogP contribution in [0.1, 0.15) is 31.3 Å².